The van der Waals surface area contributed by atoms with Crippen LogP contribution in [-0.2, 0) is 24.7 Å². The molecule has 16 heteroatoms. The van der Waals surface area contributed by atoms with Crippen molar-refractivity contribution in [1.29, 1.82) is 5.26 Å². The zero-order chi connectivity index (χ0) is 52.1. The van der Waals surface area contributed by atoms with Gasteiger partial charge in [-0.1, -0.05) is 66.7 Å². The van der Waals surface area contributed by atoms with Gasteiger partial charge in [0.2, 0.25) is 0 Å². The monoisotopic (exact) mass is 1010 g/mol. The van der Waals surface area contributed by atoms with E-state index < -0.39 is 47.0 Å². The third kappa shape index (κ3) is 8.33. The highest BCUT2D eigenvalue weighted by atomic mass is 19.4. The minimum Gasteiger partial charge on any atom is -0.309 e. The number of benzene rings is 8. The quantitative estimate of drug-likeness (QED) is 0.156. The van der Waals surface area contributed by atoms with Crippen LogP contribution in [0.3, 0.4) is 0 Å². The molecule has 366 valence electrons. The third-order valence-corrected chi connectivity index (χ3v) is 13.1. The Morgan fingerprint density at radius 3 is 1.26 bits per heavy atom. The van der Waals surface area contributed by atoms with Crippen molar-refractivity contribution in [3.05, 3.63) is 210 Å². The molecular weight excluding hydrogens is 981 g/mol. The standard InChI is InChI=1S/C58H30F12N4/c59-55(60,61)39-21-37(22-40(28-39)56(62,63)64)33-12-15-52-46(25-33)43-8-1-3-10-49(43)73(52)51-17-14-36(27-45(51)35-7-5-6-32(20-35)30-71)48-31-72-19-18-54(48)74-50-11-4-2-9-44(50)47-26-34(13-16-53(47)74)38-23-41(57(65,66)67)29-42(24-38)58(68,69)70/h1-29,31H. The van der Waals surface area contributed by atoms with E-state index in [1.807, 2.05) is 45.5 Å². The molecule has 0 N–H and O–H groups in total. The number of halogens is 12. The van der Waals surface area contributed by atoms with E-state index in [9.17, 15) is 57.9 Å². The molecule has 0 aliphatic heterocycles. The fraction of sp³-hybridized carbons (Fsp3) is 0.0690. The number of nitriles is 1. The van der Waals surface area contributed by atoms with Gasteiger partial charge in [0.05, 0.1) is 67.3 Å². The lowest BCUT2D eigenvalue weighted by Crippen LogP contribution is -2.11. The molecule has 0 amide bonds. The molecule has 11 rings (SSSR count). The molecule has 0 aliphatic rings. The highest BCUT2D eigenvalue weighted by Crippen LogP contribution is 2.45. The van der Waals surface area contributed by atoms with Crippen LogP contribution in [0.4, 0.5) is 52.7 Å². The summed E-state index contributed by atoms with van der Waals surface area (Å²) in [6, 6.07) is 43.1. The average Bonchev–Trinajstić information content (AvgIpc) is 3.90. The Balaban J connectivity index is 1.10. The number of fused-ring (bicyclic) bond motifs is 6. The number of aromatic nitrogens is 3. The second kappa shape index (κ2) is 17.2. The Morgan fingerprint density at radius 2 is 0.784 bits per heavy atom. The summed E-state index contributed by atoms with van der Waals surface area (Å²) < 4.78 is 171. The molecule has 0 fully saturated rings. The smallest absolute Gasteiger partial charge is 0.309 e. The molecule has 8 aromatic carbocycles. The van der Waals surface area contributed by atoms with Crippen molar-refractivity contribution in [2.75, 3.05) is 0 Å². The number of hydrogen-bond donors (Lipinski definition) is 0. The van der Waals surface area contributed by atoms with Gasteiger partial charge in [-0.3, -0.25) is 4.98 Å². The summed E-state index contributed by atoms with van der Waals surface area (Å²) in [5.41, 5.74) is 0.368. The Kier molecular flexibility index (Phi) is 11.0. The first-order chi connectivity index (χ1) is 35.2. The predicted octanol–water partition coefficient (Wildman–Crippen LogP) is 17.9. The molecule has 0 saturated carbocycles. The van der Waals surface area contributed by atoms with Crippen molar-refractivity contribution in [3.63, 3.8) is 0 Å². The van der Waals surface area contributed by atoms with Crippen LogP contribution in [0.1, 0.15) is 27.8 Å². The molecule has 0 aliphatic carbocycles. The number of para-hydroxylation sites is 2. The average molecular weight is 1010 g/mol. The Hall–Kier alpha value is -8.84. The Labute approximate surface area is 411 Å². The van der Waals surface area contributed by atoms with Crippen LogP contribution >= 0.6 is 0 Å². The van der Waals surface area contributed by atoms with Crippen LogP contribution in [0.5, 0.6) is 0 Å². The lowest BCUT2D eigenvalue weighted by Gasteiger charge is -2.18. The first-order valence-corrected chi connectivity index (χ1v) is 22.4. The van der Waals surface area contributed by atoms with Crippen LogP contribution in [-0.4, -0.2) is 14.1 Å². The lowest BCUT2D eigenvalue weighted by molar-refractivity contribution is -0.144. The van der Waals surface area contributed by atoms with Gasteiger partial charge < -0.3 is 9.13 Å². The van der Waals surface area contributed by atoms with E-state index in [2.05, 4.69) is 11.1 Å². The number of rotatable bonds is 6. The molecule has 0 spiro atoms. The molecule has 4 nitrogen and oxygen atoms in total. The van der Waals surface area contributed by atoms with Crippen LogP contribution < -0.4 is 0 Å². The number of pyridine rings is 1. The van der Waals surface area contributed by atoms with Crippen molar-refractivity contribution in [1.82, 2.24) is 14.1 Å². The molecule has 0 saturated heterocycles. The largest absolute Gasteiger partial charge is 0.416 e. The molecule has 0 atom stereocenters. The van der Waals surface area contributed by atoms with Gasteiger partial charge in [0.15, 0.2) is 0 Å². The number of hydrogen-bond acceptors (Lipinski definition) is 2. The number of alkyl halides is 12. The lowest BCUT2D eigenvalue weighted by atomic mass is 9.95. The van der Waals surface area contributed by atoms with Crippen molar-refractivity contribution >= 4 is 43.6 Å². The van der Waals surface area contributed by atoms with Gasteiger partial charge in [0.1, 0.15) is 0 Å². The first-order valence-electron chi connectivity index (χ1n) is 22.4. The van der Waals surface area contributed by atoms with E-state index in [0.29, 0.717) is 107 Å². The molecule has 3 aromatic heterocycles. The summed E-state index contributed by atoms with van der Waals surface area (Å²) in [7, 11) is 0. The highest BCUT2D eigenvalue weighted by Gasteiger charge is 2.38. The molecule has 0 unspecified atom stereocenters. The maximum absolute atomic E-state index is 14.0. The first kappa shape index (κ1) is 47.5. The maximum atomic E-state index is 14.0. The molecular formula is C58H30F12N4. The SMILES string of the molecule is N#Cc1cccc(-c2cc(-c3cnccc3-n3c4ccccc4c4cc(-c5cc(C(F)(F)F)cc(C(F)(F)F)c5)ccc43)ccc2-n2c3ccccc3c3cc(-c4cc(C(F)(F)F)cc(C(F)(F)F)c4)ccc32)c1. The number of nitrogens with zero attached hydrogens (tertiary/aromatic N) is 4. The molecule has 11 aromatic rings. The van der Waals surface area contributed by atoms with Gasteiger partial charge in [0.25, 0.3) is 0 Å². The van der Waals surface area contributed by atoms with Crippen molar-refractivity contribution in [2.45, 2.75) is 24.7 Å². The Morgan fingerprint density at radius 1 is 0.351 bits per heavy atom. The van der Waals surface area contributed by atoms with E-state index in [1.54, 1.807) is 97.3 Å². The van der Waals surface area contributed by atoms with Gasteiger partial charge in [-0.05, 0) is 137 Å². The van der Waals surface area contributed by atoms with Gasteiger partial charge in [-0.25, -0.2) is 0 Å². The Bertz CT molecular complexity index is 4050. The fourth-order valence-electron chi connectivity index (χ4n) is 9.76. The summed E-state index contributed by atoms with van der Waals surface area (Å²) in [4.78, 5) is 4.49. The molecule has 74 heavy (non-hydrogen) atoms. The molecule has 0 radical (unpaired) electrons. The zero-order valence-corrected chi connectivity index (χ0v) is 37.6. The van der Waals surface area contributed by atoms with Crippen molar-refractivity contribution < 1.29 is 52.7 Å². The normalized spacial score (nSPS) is 12.6. The van der Waals surface area contributed by atoms with Crippen LogP contribution in [0.2, 0.25) is 0 Å². The van der Waals surface area contributed by atoms with Crippen LogP contribution in [0.25, 0.3) is 99.5 Å². The van der Waals surface area contributed by atoms with E-state index in [-0.39, 0.29) is 34.4 Å². The zero-order valence-electron chi connectivity index (χ0n) is 37.6. The molecule has 0 bridgehead atoms. The summed E-state index contributed by atoms with van der Waals surface area (Å²) in [6.07, 6.45) is -17.0. The summed E-state index contributed by atoms with van der Waals surface area (Å²) in [5, 5.41) is 12.4. The van der Waals surface area contributed by atoms with Crippen molar-refractivity contribution in [2.24, 2.45) is 0 Å². The van der Waals surface area contributed by atoms with Crippen molar-refractivity contribution in [3.8, 4) is 62.0 Å². The van der Waals surface area contributed by atoms with Gasteiger partial charge in [-0.15, -0.1) is 0 Å². The summed E-state index contributed by atoms with van der Waals surface area (Å²) >= 11 is 0. The minimum absolute atomic E-state index is 0.0846. The minimum atomic E-state index is -5.06. The highest BCUT2D eigenvalue weighted by molar-refractivity contribution is 6.12. The van der Waals surface area contributed by atoms with Gasteiger partial charge in [0, 0.05) is 45.1 Å². The summed E-state index contributed by atoms with van der Waals surface area (Å²) in [5.74, 6) is 0. The molecule has 3 heterocycles. The predicted molar refractivity (Wildman–Crippen MR) is 259 cm³/mol. The second-order valence-electron chi connectivity index (χ2n) is 17.6. The van der Waals surface area contributed by atoms with E-state index >= 15 is 0 Å². The topological polar surface area (TPSA) is 46.5 Å². The van der Waals surface area contributed by atoms with E-state index in [4.69, 9.17) is 0 Å². The van der Waals surface area contributed by atoms with E-state index in [1.165, 1.54) is 12.1 Å². The third-order valence-electron chi connectivity index (χ3n) is 13.1. The second-order valence-corrected chi connectivity index (χ2v) is 17.6. The summed E-state index contributed by atoms with van der Waals surface area (Å²) in [6.45, 7) is 0. The van der Waals surface area contributed by atoms with Crippen LogP contribution in [0, 0.1) is 11.3 Å². The van der Waals surface area contributed by atoms with Gasteiger partial charge in [-0.2, -0.15) is 57.9 Å². The maximum Gasteiger partial charge on any atom is 0.416 e. The van der Waals surface area contributed by atoms with E-state index in [0.717, 1.165) is 0 Å². The fourth-order valence-corrected chi connectivity index (χ4v) is 9.76. The van der Waals surface area contributed by atoms with Gasteiger partial charge >= 0.3 is 24.7 Å². The van der Waals surface area contributed by atoms with Crippen LogP contribution in [0.15, 0.2) is 182 Å².